The fourth-order valence-corrected chi connectivity index (χ4v) is 3.54. The first kappa shape index (κ1) is 14.5. The van der Waals surface area contributed by atoms with Crippen molar-refractivity contribution in [1.29, 1.82) is 0 Å². The summed E-state index contributed by atoms with van der Waals surface area (Å²) in [6.07, 6.45) is 1.13. The molecule has 2 heterocycles. The summed E-state index contributed by atoms with van der Waals surface area (Å²) in [5.74, 6) is 0.627. The van der Waals surface area contributed by atoms with Crippen LogP contribution in [0.4, 0.5) is 0 Å². The molecule has 1 aliphatic rings. The Morgan fingerprint density at radius 2 is 2.38 bits per heavy atom. The first-order valence-electron chi connectivity index (χ1n) is 5.36. The van der Waals surface area contributed by atoms with E-state index in [9.17, 15) is 0 Å². The zero-order valence-electron chi connectivity index (χ0n) is 9.36. The van der Waals surface area contributed by atoms with E-state index in [1.165, 1.54) is 9.35 Å². The minimum absolute atomic E-state index is 0. The van der Waals surface area contributed by atoms with Gasteiger partial charge < -0.3 is 5.73 Å². The fraction of sp³-hybridized carbons (Fsp3) is 0.636. The highest BCUT2D eigenvalue weighted by Crippen LogP contribution is 2.23. The third kappa shape index (κ3) is 3.70. The first-order valence-corrected chi connectivity index (χ1v) is 7.03. The van der Waals surface area contributed by atoms with Crippen molar-refractivity contribution < 1.29 is 0 Å². The Labute approximate surface area is 116 Å². The van der Waals surface area contributed by atoms with Gasteiger partial charge in [-0.3, -0.25) is 4.90 Å². The highest BCUT2D eigenvalue weighted by molar-refractivity contribution is 9.10. The second-order valence-corrected chi connectivity index (χ2v) is 6.31. The van der Waals surface area contributed by atoms with Gasteiger partial charge in [-0.15, -0.1) is 23.7 Å². The first-order chi connectivity index (χ1) is 7.15. The Morgan fingerprint density at radius 1 is 1.62 bits per heavy atom. The average molecular weight is 326 g/mol. The Bertz CT molecular complexity index is 332. The van der Waals surface area contributed by atoms with E-state index in [4.69, 9.17) is 5.73 Å². The average Bonchev–Trinajstić information content (AvgIpc) is 2.58. The van der Waals surface area contributed by atoms with Gasteiger partial charge in [0.25, 0.3) is 0 Å². The molecule has 2 atom stereocenters. The van der Waals surface area contributed by atoms with Crippen molar-refractivity contribution in [2.75, 3.05) is 13.1 Å². The molecule has 2 N–H and O–H groups in total. The lowest BCUT2D eigenvalue weighted by Gasteiger charge is -2.34. The molecule has 0 radical (unpaired) electrons. The van der Waals surface area contributed by atoms with Crippen molar-refractivity contribution in [3.63, 3.8) is 0 Å². The molecule has 2 rings (SSSR count). The van der Waals surface area contributed by atoms with Gasteiger partial charge in [0.05, 0.1) is 0 Å². The van der Waals surface area contributed by atoms with Gasteiger partial charge in [0.15, 0.2) is 0 Å². The van der Waals surface area contributed by atoms with Crippen LogP contribution in [0.2, 0.25) is 0 Å². The lowest BCUT2D eigenvalue weighted by Crippen LogP contribution is -2.45. The van der Waals surface area contributed by atoms with E-state index >= 15 is 0 Å². The number of thiophene rings is 1. The molecule has 1 fully saturated rings. The maximum absolute atomic E-state index is 6.01. The highest BCUT2D eigenvalue weighted by Gasteiger charge is 2.23. The van der Waals surface area contributed by atoms with Crippen LogP contribution >= 0.6 is 39.7 Å². The third-order valence-corrected chi connectivity index (χ3v) is 4.74. The van der Waals surface area contributed by atoms with E-state index in [1.54, 1.807) is 0 Å². The molecule has 2 unspecified atom stereocenters. The molecule has 0 aliphatic carbocycles. The monoisotopic (exact) mass is 324 g/mol. The molecule has 16 heavy (non-hydrogen) atoms. The minimum atomic E-state index is 0. The summed E-state index contributed by atoms with van der Waals surface area (Å²) in [7, 11) is 0. The second-order valence-electron chi connectivity index (χ2n) is 4.40. The Hall–Kier alpha value is 0.390. The van der Waals surface area contributed by atoms with Crippen LogP contribution in [-0.4, -0.2) is 24.0 Å². The van der Waals surface area contributed by atoms with Crippen molar-refractivity contribution in [2.45, 2.75) is 25.9 Å². The lowest BCUT2D eigenvalue weighted by atomic mass is 9.95. The number of nitrogens with zero attached hydrogens (tertiary/aromatic N) is 1. The second kappa shape index (κ2) is 6.36. The highest BCUT2D eigenvalue weighted by atomic mass is 79.9. The SMILES string of the molecule is CC1CN(Cc2cc(Br)cs2)CCC1N.Cl. The zero-order valence-corrected chi connectivity index (χ0v) is 12.6. The number of hydrogen-bond donors (Lipinski definition) is 1. The third-order valence-electron chi connectivity index (χ3n) is 3.06. The summed E-state index contributed by atoms with van der Waals surface area (Å²) in [6, 6.07) is 2.61. The van der Waals surface area contributed by atoms with Gasteiger partial charge in [-0.2, -0.15) is 0 Å². The van der Waals surface area contributed by atoms with Gasteiger partial charge in [-0.05, 0) is 34.3 Å². The van der Waals surface area contributed by atoms with Crippen molar-refractivity contribution in [3.8, 4) is 0 Å². The topological polar surface area (TPSA) is 29.3 Å². The summed E-state index contributed by atoms with van der Waals surface area (Å²) in [5.41, 5.74) is 6.01. The van der Waals surface area contributed by atoms with Crippen molar-refractivity contribution in [2.24, 2.45) is 11.7 Å². The molecule has 0 saturated carbocycles. The van der Waals surface area contributed by atoms with Gasteiger partial charge in [0, 0.05) is 40.4 Å². The van der Waals surface area contributed by atoms with Crippen LogP contribution in [0, 0.1) is 5.92 Å². The molecule has 1 saturated heterocycles. The van der Waals surface area contributed by atoms with Crippen LogP contribution < -0.4 is 5.73 Å². The van der Waals surface area contributed by atoms with Crippen LogP contribution in [0.5, 0.6) is 0 Å². The van der Waals surface area contributed by atoms with Gasteiger partial charge in [0.1, 0.15) is 0 Å². The van der Waals surface area contributed by atoms with E-state index in [2.05, 4.69) is 39.2 Å². The molecule has 2 nitrogen and oxygen atoms in total. The zero-order chi connectivity index (χ0) is 10.8. The number of hydrogen-bond acceptors (Lipinski definition) is 3. The number of likely N-dealkylation sites (tertiary alicyclic amines) is 1. The van der Waals surface area contributed by atoms with E-state index < -0.39 is 0 Å². The van der Waals surface area contributed by atoms with Crippen LogP contribution in [0.1, 0.15) is 18.2 Å². The molecule has 0 amide bonds. The Balaban J connectivity index is 0.00000128. The molecule has 1 aromatic rings. The molecule has 92 valence electrons. The van der Waals surface area contributed by atoms with Crippen molar-refractivity contribution in [3.05, 3.63) is 20.8 Å². The summed E-state index contributed by atoms with van der Waals surface area (Å²) in [5, 5.41) is 2.15. The largest absolute Gasteiger partial charge is 0.327 e. The van der Waals surface area contributed by atoms with Crippen LogP contribution in [0.3, 0.4) is 0 Å². The number of rotatable bonds is 2. The molecule has 0 spiro atoms. The van der Waals surface area contributed by atoms with Crippen LogP contribution in [0.25, 0.3) is 0 Å². The molecule has 0 aromatic carbocycles. The van der Waals surface area contributed by atoms with E-state index in [-0.39, 0.29) is 12.4 Å². The molecule has 1 aliphatic heterocycles. The van der Waals surface area contributed by atoms with Gasteiger partial charge in [0.2, 0.25) is 0 Å². The molecular formula is C11H18BrClN2S. The predicted octanol–water partition coefficient (Wildman–Crippen LogP) is 3.10. The predicted molar refractivity (Wildman–Crippen MR) is 76.3 cm³/mol. The summed E-state index contributed by atoms with van der Waals surface area (Å²) < 4.78 is 1.20. The van der Waals surface area contributed by atoms with Crippen LogP contribution in [0.15, 0.2) is 15.9 Å². The van der Waals surface area contributed by atoms with Crippen molar-refractivity contribution in [1.82, 2.24) is 4.90 Å². The standard InChI is InChI=1S/C11H17BrN2S.ClH/c1-8-5-14(3-2-11(8)13)6-10-4-9(12)7-15-10;/h4,7-8,11H,2-3,5-6,13H2,1H3;1H. The minimum Gasteiger partial charge on any atom is -0.327 e. The van der Waals surface area contributed by atoms with Gasteiger partial charge in [-0.25, -0.2) is 0 Å². The summed E-state index contributed by atoms with van der Waals surface area (Å²) >= 11 is 5.32. The normalized spacial score (nSPS) is 26.4. The van der Waals surface area contributed by atoms with Gasteiger partial charge >= 0.3 is 0 Å². The number of nitrogens with two attached hydrogens (primary N) is 1. The van der Waals surface area contributed by atoms with E-state index in [0.717, 1.165) is 26.1 Å². The van der Waals surface area contributed by atoms with E-state index in [0.29, 0.717) is 12.0 Å². The molecule has 0 bridgehead atoms. The molecule has 5 heteroatoms. The number of halogens is 2. The quantitative estimate of drug-likeness (QED) is 0.905. The lowest BCUT2D eigenvalue weighted by molar-refractivity contribution is 0.159. The van der Waals surface area contributed by atoms with Crippen LogP contribution in [-0.2, 0) is 6.54 Å². The Morgan fingerprint density at radius 3 is 2.94 bits per heavy atom. The van der Waals surface area contributed by atoms with Gasteiger partial charge in [-0.1, -0.05) is 6.92 Å². The summed E-state index contributed by atoms with van der Waals surface area (Å²) in [4.78, 5) is 3.94. The fourth-order valence-electron chi connectivity index (χ4n) is 2.05. The molecule has 1 aromatic heterocycles. The Kier molecular flexibility index (Phi) is 5.74. The smallest absolute Gasteiger partial charge is 0.0328 e. The van der Waals surface area contributed by atoms with Crippen molar-refractivity contribution >= 4 is 39.7 Å². The number of piperidine rings is 1. The van der Waals surface area contributed by atoms with E-state index in [1.807, 2.05) is 11.3 Å². The summed E-state index contributed by atoms with van der Waals surface area (Å²) in [6.45, 7) is 5.60. The maximum Gasteiger partial charge on any atom is 0.0328 e. The maximum atomic E-state index is 6.01. The molecular weight excluding hydrogens is 308 g/mol.